The maximum Gasteiger partial charge on any atom is 0.387 e. The van der Waals surface area contributed by atoms with Crippen molar-refractivity contribution in [3.8, 4) is 17.2 Å². The van der Waals surface area contributed by atoms with Crippen molar-refractivity contribution in [3.63, 3.8) is 0 Å². The van der Waals surface area contributed by atoms with Gasteiger partial charge in [-0.2, -0.15) is 13.1 Å². The molecule has 2 aromatic rings. The number of sulfonamides is 1. The Balaban J connectivity index is 1.93. The van der Waals surface area contributed by atoms with Gasteiger partial charge in [-0.25, -0.2) is 8.42 Å². The van der Waals surface area contributed by atoms with E-state index in [-0.39, 0.29) is 59.2 Å². The fourth-order valence-electron chi connectivity index (χ4n) is 3.37. The lowest BCUT2D eigenvalue weighted by Gasteiger charge is -2.26. The maximum absolute atomic E-state index is 13.1. The summed E-state index contributed by atoms with van der Waals surface area (Å²) in [5.74, 6) is -0.579. The zero-order chi connectivity index (χ0) is 25.6. The van der Waals surface area contributed by atoms with Gasteiger partial charge in [0, 0.05) is 18.7 Å². The van der Waals surface area contributed by atoms with Crippen molar-refractivity contribution in [3.05, 3.63) is 42.0 Å². The van der Waals surface area contributed by atoms with Gasteiger partial charge in [-0.3, -0.25) is 4.79 Å². The van der Waals surface area contributed by atoms with Gasteiger partial charge in [-0.15, -0.1) is 0 Å². The second kappa shape index (κ2) is 11.6. The van der Waals surface area contributed by atoms with Gasteiger partial charge in [0.25, 0.3) is 5.91 Å². The van der Waals surface area contributed by atoms with Crippen LogP contribution in [-0.2, 0) is 14.8 Å². The number of alkyl halides is 2. The second-order valence-electron chi connectivity index (χ2n) is 7.77. The van der Waals surface area contributed by atoms with Crippen LogP contribution in [0.15, 0.2) is 41.3 Å². The topological polar surface area (TPSA) is 103 Å². The molecule has 0 spiro atoms. The summed E-state index contributed by atoms with van der Waals surface area (Å²) in [5, 5.41) is 2.66. The van der Waals surface area contributed by atoms with Crippen LogP contribution in [0.25, 0.3) is 0 Å². The van der Waals surface area contributed by atoms with E-state index in [0.29, 0.717) is 13.2 Å². The zero-order valence-electron chi connectivity index (χ0n) is 19.6. The number of rotatable bonds is 10. The Hall–Kier alpha value is -2.96. The number of carbonyl (C=O) groups excluding carboxylic acids is 1. The first-order valence-corrected chi connectivity index (χ1v) is 12.5. The maximum atomic E-state index is 13.1. The summed E-state index contributed by atoms with van der Waals surface area (Å²) in [6, 6.07) is 8.01. The average Bonchev–Trinajstić information content (AvgIpc) is 2.81. The number of benzene rings is 2. The van der Waals surface area contributed by atoms with Crippen LogP contribution in [-0.4, -0.2) is 64.3 Å². The SMILES string of the molecule is CCOc1cc(C(=O)Nc2cc(S(=O)(=O)N3CCOCC3)ccc2OC(C)C)ccc1OC(F)F. The normalized spacial score (nSPS) is 14.7. The van der Waals surface area contributed by atoms with E-state index >= 15 is 0 Å². The third-order valence-electron chi connectivity index (χ3n) is 4.89. The van der Waals surface area contributed by atoms with Gasteiger partial charge in [0.1, 0.15) is 5.75 Å². The number of ether oxygens (including phenoxy) is 4. The Labute approximate surface area is 203 Å². The molecule has 0 atom stereocenters. The van der Waals surface area contributed by atoms with Crippen LogP contribution >= 0.6 is 0 Å². The third kappa shape index (κ3) is 6.80. The number of nitrogens with zero attached hydrogens (tertiary/aromatic N) is 1. The minimum atomic E-state index is -3.82. The molecular weight excluding hydrogens is 486 g/mol. The number of nitrogens with one attached hydrogen (secondary N) is 1. The first-order chi connectivity index (χ1) is 16.6. The number of carbonyl (C=O) groups is 1. The third-order valence-corrected chi connectivity index (χ3v) is 6.79. The van der Waals surface area contributed by atoms with Gasteiger partial charge in [-0.1, -0.05) is 0 Å². The summed E-state index contributed by atoms with van der Waals surface area (Å²) in [6.07, 6.45) is -0.248. The highest BCUT2D eigenvalue weighted by Gasteiger charge is 2.27. The van der Waals surface area contributed by atoms with E-state index in [0.717, 1.165) is 0 Å². The lowest BCUT2D eigenvalue weighted by Crippen LogP contribution is -2.40. The summed E-state index contributed by atoms with van der Waals surface area (Å²) < 4.78 is 73.6. The summed E-state index contributed by atoms with van der Waals surface area (Å²) in [6.45, 7) is 3.40. The molecule has 35 heavy (non-hydrogen) atoms. The molecule has 0 bridgehead atoms. The molecule has 1 heterocycles. The number of anilines is 1. The molecule has 0 radical (unpaired) electrons. The average molecular weight is 515 g/mol. The first-order valence-electron chi connectivity index (χ1n) is 11.0. The van der Waals surface area contributed by atoms with Crippen molar-refractivity contribution in [2.75, 3.05) is 38.2 Å². The van der Waals surface area contributed by atoms with Crippen LogP contribution in [0, 0.1) is 0 Å². The quantitative estimate of drug-likeness (QED) is 0.515. The first kappa shape index (κ1) is 26.6. The summed E-state index contributed by atoms with van der Waals surface area (Å²) in [4.78, 5) is 13.0. The van der Waals surface area contributed by atoms with Gasteiger partial charge >= 0.3 is 6.61 Å². The highest BCUT2D eigenvalue weighted by Crippen LogP contribution is 2.33. The number of hydrogen-bond acceptors (Lipinski definition) is 7. The van der Waals surface area contributed by atoms with E-state index in [9.17, 15) is 22.0 Å². The number of morpholine rings is 1. The van der Waals surface area contributed by atoms with Crippen molar-refractivity contribution >= 4 is 21.6 Å². The number of hydrogen-bond donors (Lipinski definition) is 1. The molecule has 2 aromatic carbocycles. The van der Waals surface area contributed by atoms with E-state index in [1.54, 1.807) is 20.8 Å². The Morgan fingerprint density at radius 1 is 1.06 bits per heavy atom. The van der Waals surface area contributed by atoms with Crippen LogP contribution in [0.2, 0.25) is 0 Å². The highest BCUT2D eigenvalue weighted by atomic mass is 32.2. The monoisotopic (exact) mass is 514 g/mol. The predicted octanol–water partition coefficient (Wildman–Crippen LogP) is 3.75. The van der Waals surface area contributed by atoms with Crippen molar-refractivity contribution in [1.29, 1.82) is 0 Å². The smallest absolute Gasteiger partial charge is 0.387 e. The zero-order valence-corrected chi connectivity index (χ0v) is 20.4. The molecule has 9 nitrogen and oxygen atoms in total. The minimum absolute atomic E-state index is 0.0125. The molecular formula is C23H28F2N2O7S. The van der Waals surface area contributed by atoms with Crippen LogP contribution < -0.4 is 19.5 Å². The number of amides is 1. The van der Waals surface area contributed by atoms with Crippen molar-refractivity contribution < 1.29 is 40.9 Å². The molecule has 1 saturated heterocycles. The predicted molar refractivity (Wildman–Crippen MR) is 124 cm³/mol. The molecule has 192 valence electrons. The molecule has 1 N–H and O–H groups in total. The Morgan fingerprint density at radius 3 is 2.37 bits per heavy atom. The van der Waals surface area contributed by atoms with Gasteiger partial charge in [0.05, 0.1) is 36.5 Å². The Morgan fingerprint density at radius 2 is 1.74 bits per heavy atom. The van der Waals surface area contributed by atoms with Crippen LogP contribution in [0.5, 0.6) is 17.2 Å². The van der Waals surface area contributed by atoms with E-state index in [2.05, 4.69) is 10.1 Å². The fraction of sp³-hybridized carbons (Fsp3) is 0.435. The lowest BCUT2D eigenvalue weighted by atomic mass is 10.1. The van der Waals surface area contributed by atoms with Gasteiger partial charge in [0.2, 0.25) is 10.0 Å². The largest absolute Gasteiger partial charge is 0.490 e. The van der Waals surface area contributed by atoms with Crippen molar-refractivity contribution in [2.24, 2.45) is 0 Å². The molecule has 1 aliphatic heterocycles. The molecule has 1 amide bonds. The number of halogens is 2. The molecule has 0 aliphatic carbocycles. The standard InChI is InChI=1S/C23H28F2N2O7S/c1-4-32-21-13-16(5-7-20(21)34-23(24)25)22(28)26-18-14-17(6-8-19(18)33-15(2)3)35(29,30)27-9-11-31-12-10-27/h5-8,13-15,23H,4,9-12H2,1-3H3,(H,26,28). The minimum Gasteiger partial charge on any atom is -0.490 e. The molecule has 0 aromatic heterocycles. The van der Waals surface area contributed by atoms with Crippen LogP contribution in [0.3, 0.4) is 0 Å². The molecule has 3 rings (SSSR count). The summed E-state index contributed by atoms with van der Waals surface area (Å²) in [7, 11) is -3.82. The van der Waals surface area contributed by atoms with Gasteiger partial charge in [-0.05, 0) is 57.2 Å². The Bertz CT molecular complexity index is 1140. The highest BCUT2D eigenvalue weighted by molar-refractivity contribution is 7.89. The summed E-state index contributed by atoms with van der Waals surface area (Å²) in [5.41, 5.74) is 0.232. The van der Waals surface area contributed by atoms with E-state index in [1.165, 1.54) is 40.7 Å². The molecule has 0 unspecified atom stereocenters. The van der Waals surface area contributed by atoms with Crippen LogP contribution in [0.4, 0.5) is 14.5 Å². The van der Waals surface area contributed by atoms with Crippen molar-refractivity contribution in [1.82, 2.24) is 4.31 Å². The second-order valence-corrected chi connectivity index (χ2v) is 9.71. The summed E-state index contributed by atoms with van der Waals surface area (Å²) >= 11 is 0. The van der Waals surface area contributed by atoms with Gasteiger partial charge in [0.15, 0.2) is 11.5 Å². The lowest BCUT2D eigenvalue weighted by molar-refractivity contribution is -0.0514. The van der Waals surface area contributed by atoms with Crippen LogP contribution in [0.1, 0.15) is 31.1 Å². The molecule has 1 fully saturated rings. The van der Waals surface area contributed by atoms with E-state index < -0.39 is 22.5 Å². The molecule has 12 heteroatoms. The fourth-order valence-corrected chi connectivity index (χ4v) is 4.80. The Kier molecular flexibility index (Phi) is 8.87. The van der Waals surface area contributed by atoms with E-state index in [1.807, 2.05) is 0 Å². The van der Waals surface area contributed by atoms with Crippen molar-refractivity contribution in [2.45, 2.75) is 38.4 Å². The van der Waals surface area contributed by atoms with Gasteiger partial charge < -0.3 is 24.3 Å². The molecule has 1 aliphatic rings. The van der Waals surface area contributed by atoms with E-state index in [4.69, 9.17) is 14.2 Å². The molecule has 0 saturated carbocycles.